The van der Waals surface area contributed by atoms with Gasteiger partial charge in [-0.2, -0.15) is 0 Å². The van der Waals surface area contributed by atoms with E-state index in [-0.39, 0.29) is 95.3 Å². The van der Waals surface area contributed by atoms with E-state index >= 15 is 0 Å². The SMILES string of the molecule is CC(C)CCCNC(=O)CC1NC(=O)[C@@H](CC[NH-])NC1=O.[Rb+]. The summed E-state index contributed by atoms with van der Waals surface area (Å²) in [7, 11) is 0. The molecule has 1 fully saturated rings. The fourth-order valence-electron chi connectivity index (χ4n) is 2.16. The first-order valence-corrected chi connectivity index (χ1v) is 7.46. The van der Waals surface area contributed by atoms with Crippen LogP contribution in [-0.2, 0) is 14.4 Å². The molecule has 1 rings (SSSR count). The molecule has 0 spiro atoms. The van der Waals surface area contributed by atoms with Crippen LogP contribution in [0.1, 0.15) is 39.5 Å². The van der Waals surface area contributed by atoms with Gasteiger partial charge in [0.15, 0.2) is 0 Å². The van der Waals surface area contributed by atoms with Gasteiger partial charge in [-0.1, -0.05) is 13.8 Å². The number of rotatable bonds is 8. The summed E-state index contributed by atoms with van der Waals surface area (Å²) >= 11 is 0. The first-order chi connectivity index (χ1) is 9.93. The van der Waals surface area contributed by atoms with Crippen LogP contribution in [0, 0.1) is 5.92 Å². The van der Waals surface area contributed by atoms with Gasteiger partial charge in [0.2, 0.25) is 17.7 Å². The van der Waals surface area contributed by atoms with Crippen molar-refractivity contribution in [2.45, 2.75) is 51.6 Å². The molecule has 0 aromatic carbocycles. The minimum Gasteiger partial charge on any atom is -0.677 e. The van der Waals surface area contributed by atoms with E-state index in [0.29, 0.717) is 12.5 Å². The van der Waals surface area contributed by atoms with Crippen LogP contribution in [0.25, 0.3) is 5.73 Å². The molecule has 0 aromatic rings. The molecule has 4 N–H and O–H groups in total. The second kappa shape index (κ2) is 11.7. The number of nitrogens with one attached hydrogen (secondary N) is 4. The van der Waals surface area contributed by atoms with Gasteiger partial charge < -0.3 is 21.7 Å². The number of hydrogen-bond acceptors (Lipinski definition) is 3. The Morgan fingerprint density at radius 1 is 1.23 bits per heavy atom. The summed E-state index contributed by atoms with van der Waals surface area (Å²) < 4.78 is 0. The Balaban J connectivity index is 0.00000441. The van der Waals surface area contributed by atoms with Crippen molar-refractivity contribution >= 4 is 17.7 Å². The smallest absolute Gasteiger partial charge is 0.677 e. The van der Waals surface area contributed by atoms with Crippen molar-refractivity contribution in [3.63, 3.8) is 0 Å². The molecule has 2 atom stereocenters. The zero-order valence-corrected chi connectivity index (χ0v) is 18.6. The van der Waals surface area contributed by atoms with E-state index < -0.39 is 12.1 Å². The Bertz CT molecular complexity index is 390. The molecule has 1 heterocycles. The molecule has 8 heteroatoms. The fraction of sp³-hybridized carbons (Fsp3) is 0.786. The third kappa shape index (κ3) is 8.15. The minimum atomic E-state index is -0.815. The first kappa shape index (κ1) is 22.2. The second-order valence-electron chi connectivity index (χ2n) is 5.75. The van der Waals surface area contributed by atoms with Crippen molar-refractivity contribution in [2.75, 3.05) is 13.1 Å². The molecule has 0 saturated carbocycles. The zero-order valence-electron chi connectivity index (χ0n) is 13.7. The van der Waals surface area contributed by atoms with Crippen LogP contribution < -0.4 is 74.1 Å². The van der Waals surface area contributed by atoms with Gasteiger partial charge in [-0.15, -0.1) is 6.54 Å². The number of amides is 3. The standard InChI is InChI=1S/C14H25N4O3.Rb/c1-9(2)4-3-7-16-12(19)8-11-14(21)17-10(5-6-15)13(20)18-11;/h9-11,15H,3-8H2,1-2H3,(H,16,19)(H,17,21)(H,18,20);/q-1;+1/t10-,11?;/m1./s1. The van der Waals surface area contributed by atoms with Crippen molar-refractivity contribution in [1.29, 1.82) is 0 Å². The number of hydrogen-bond donors (Lipinski definition) is 3. The maximum Gasteiger partial charge on any atom is 1.00 e. The molecule has 3 amide bonds. The average Bonchev–Trinajstić information content (AvgIpc) is 2.40. The zero-order chi connectivity index (χ0) is 15.8. The Labute approximate surface area is 180 Å². The van der Waals surface area contributed by atoms with Crippen molar-refractivity contribution in [1.82, 2.24) is 16.0 Å². The summed E-state index contributed by atoms with van der Waals surface area (Å²) in [4.78, 5) is 35.3. The van der Waals surface area contributed by atoms with E-state index in [2.05, 4.69) is 29.8 Å². The fourth-order valence-corrected chi connectivity index (χ4v) is 2.16. The van der Waals surface area contributed by atoms with Gasteiger partial charge in [-0.3, -0.25) is 14.4 Å². The second-order valence-corrected chi connectivity index (χ2v) is 5.75. The van der Waals surface area contributed by atoms with Gasteiger partial charge in [0.1, 0.15) is 12.1 Å². The summed E-state index contributed by atoms with van der Waals surface area (Å²) in [6.07, 6.45) is 2.17. The normalized spacial score (nSPS) is 20.9. The molecule has 0 aromatic heterocycles. The largest absolute Gasteiger partial charge is 1.00 e. The van der Waals surface area contributed by atoms with E-state index in [4.69, 9.17) is 5.73 Å². The molecule has 120 valence electrons. The minimum absolute atomic E-state index is 0. The Hall–Kier alpha value is 0.175. The first-order valence-electron chi connectivity index (χ1n) is 7.46. The van der Waals surface area contributed by atoms with Gasteiger partial charge in [0, 0.05) is 6.54 Å². The van der Waals surface area contributed by atoms with E-state index in [1.807, 2.05) is 0 Å². The van der Waals surface area contributed by atoms with Crippen molar-refractivity contribution in [3.05, 3.63) is 5.73 Å². The predicted molar refractivity (Wildman–Crippen MR) is 79.4 cm³/mol. The van der Waals surface area contributed by atoms with Crippen molar-refractivity contribution in [2.24, 2.45) is 5.92 Å². The molecule has 0 radical (unpaired) electrons. The predicted octanol–water partition coefficient (Wildman–Crippen LogP) is -2.64. The molecule has 1 aliphatic rings. The number of carbonyl (C=O) groups is 3. The van der Waals surface area contributed by atoms with E-state index in [1.165, 1.54) is 0 Å². The van der Waals surface area contributed by atoms with Crippen LogP contribution in [-0.4, -0.2) is 42.9 Å². The summed E-state index contributed by atoms with van der Waals surface area (Å²) in [5, 5.41) is 7.86. The Morgan fingerprint density at radius 3 is 2.41 bits per heavy atom. The van der Waals surface area contributed by atoms with E-state index in [9.17, 15) is 14.4 Å². The Morgan fingerprint density at radius 2 is 1.82 bits per heavy atom. The van der Waals surface area contributed by atoms with Gasteiger partial charge in [-0.05, 0) is 25.2 Å². The molecule has 0 aliphatic carbocycles. The number of piperazine rings is 1. The monoisotopic (exact) mass is 382 g/mol. The summed E-state index contributed by atoms with van der Waals surface area (Å²) in [6, 6.07) is -1.47. The molecular formula is C14H25N4O3Rb. The molecular weight excluding hydrogens is 358 g/mol. The third-order valence-electron chi connectivity index (χ3n) is 3.37. The van der Waals surface area contributed by atoms with Crippen molar-refractivity contribution in [3.8, 4) is 0 Å². The molecule has 1 saturated heterocycles. The summed E-state index contributed by atoms with van der Waals surface area (Å²) in [5.74, 6) is -0.317. The Kier molecular flexibility index (Phi) is 11.8. The van der Waals surface area contributed by atoms with Crippen LogP contribution in [0.5, 0.6) is 0 Å². The number of carbonyl (C=O) groups excluding carboxylic acids is 3. The van der Waals surface area contributed by atoms with Crippen LogP contribution in [0.2, 0.25) is 0 Å². The van der Waals surface area contributed by atoms with Crippen LogP contribution >= 0.6 is 0 Å². The average molecular weight is 383 g/mol. The van der Waals surface area contributed by atoms with E-state index in [1.54, 1.807) is 0 Å². The van der Waals surface area contributed by atoms with Gasteiger partial charge in [-0.25, -0.2) is 0 Å². The summed E-state index contributed by atoms with van der Waals surface area (Å²) in [5.41, 5.74) is 7.09. The van der Waals surface area contributed by atoms with Crippen LogP contribution in [0.3, 0.4) is 0 Å². The van der Waals surface area contributed by atoms with Gasteiger partial charge >= 0.3 is 58.2 Å². The molecule has 0 bridgehead atoms. The topological polar surface area (TPSA) is 111 Å². The molecule has 22 heavy (non-hydrogen) atoms. The third-order valence-corrected chi connectivity index (χ3v) is 3.37. The van der Waals surface area contributed by atoms with Crippen molar-refractivity contribution < 1.29 is 72.6 Å². The maximum absolute atomic E-state index is 11.8. The summed E-state index contributed by atoms with van der Waals surface area (Å²) in [6.45, 7) is 4.90. The van der Waals surface area contributed by atoms with Gasteiger partial charge in [0.05, 0.1) is 6.42 Å². The van der Waals surface area contributed by atoms with Crippen LogP contribution in [0.15, 0.2) is 0 Å². The molecule has 1 unspecified atom stereocenters. The van der Waals surface area contributed by atoms with E-state index in [0.717, 1.165) is 12.8 Å². The van der Waals surface area contributed by atoms with Crippen LogP contribution in [0.4, 0.5) is 0 Å². The van der Waals surface area contributed by atoms with Gasteiger partial charge in [0.25, 0.3) is 0 Å². The quantitative estimate of drug-likeness (QED) is 0.399. The maximum atomic E-state index is 11.8. The molecule has 1 aliphatic heterocycles. The molecule has 7 nitrogen and oxygen atoms in total.